The number of rotatable bonds is 7. The maximum atomic E-state index is 12.3. The van der Waals surface area contributed by atoms with Crippen LogP contribution in [0.2, 0.25) is 0 Å². The molecule has 0 unspecified atom stereocenters. The first-order chi connectivity index (χ1) is 9.66. The molecule has 3 N–H and O–H groups in total. The molecule has 1 saturated carbocycles. The molecule has 1 amide bonds. The Morgan fingerprint density at radius 3 is 2.52 bits per heavy atom. The van der Waals surface area contributed by atoms with Gasteiger partial charge in [0.1, 0.15) is 0 Å². The van der Waals surface area contributed by atoms with Gasteiger partial charge in [-0.3, -0.25) is 4.79 Å². The molecule has 0 spiro atoms. The molecule has 5 heteroatoms. The van der Waals surface area contributed by atoms with Crippen LogP contribution in [0, 0.1) is 5.41 Å². The standard InChI is InChI=1S/C16H24N2O2.ClH/c1-20-12-10-16(8-2-9-16)15(19)18-11-7-13-3-5-14(17)6-4-13;/h3-6H,2,7-12,17H2,1H3,(H,18,19);1H. The van der Waals surface area contributed by atoms with Crippen molar-refractivity contribution in [3.05, 3.63) is 29.8 Å². The van der Waals surface area contributed by atoms with Crippen molar-refractivity contribution in [2.24, 2.45) is 5.41 Å². The highest BCUT2D eigenvalue weighted by Crippen LogP contribution is 2.44. The number of carbonyl (C=O) groups excluding carboxylic acids is 1. The fourth-order valence-electron chi connectivity index (χ4n) is 2.68. The van der Waals surface area contributed by atoms with Crippen molar-refractivity contribution in [1.82, 2.24) is 5.32 Å². The van der Waals surface area contributed by atoms with E-state index < -0.39 is 0 Å². The number of nitrogens with one attached hydrogen (secondary N) is 1. The van der Waals surface area contributed by atoms with Crippen LogP contribution >= 0.6 is 12.4 Å². The molecule has 4 nitrogen and oxygen atoms in total. The van der Waals surface area contributed by atoms with Crippen molar-refractivity contribution < 1.29 is 9.53 Å². The number of carbonyl (C=O) groups is 1. The second-order valence-electron chi connectivity index (χ2n) is 5.62. The normalized spacial score (nSPS) is 15.7. The summed E-state index contributed by atoms with van der Waals surface area (Å²) in [6.07, 6.45) is 4.80. The molecular weight excluding hydrogens is 288 g/mol. The highest BCUT2D eigenvalue weighted by atomic mass is 35.5. The number of anilines is 1. The molecule has 1 fully saturated rings. The maximum Gasteiger partial charge on any atom is 0.226 e. The Bertz CT molecular complexity index is 444. The summed E-state index contributed by atoms with van der Waals surface area (Å²) >= 11 is 0. The van der Waals surface area contributed by atoms with Crippen molar-refractivity contribution in [2.75, 3.05) is 26.0 Å². The zero-order chi connectivity index (χ0) is 14.4. The molecule has 0 atom stereocenters. The molecular formula is C16H25ClN2O2. The highest BCUT2D eigenvalue weighted by molar-refractivity contribution is 5.85. The molecule has 1 aliphatic carbocycles. The Morgan fingerprint density at radius 1 is 1.33 bits per heavy atom. The summed E-state index contributed by atoms with van der Waals surface area (Å²) in [4.78, 5) is 12.3. The third kappa shape index (κ3) is 4.61. The van der Waals surface area contributed by atoms with Crippen LogP contribution in [0.5, 0.6) is 0 Å². The summed E-state index contributed by atoms with van der Waals surface area (Å²) in [5, 5.41) is 3.07. The summed E-state index contributed by atoms with van der Waals surface area (Å²) < 4.78 is 5.12. The maximum absolute atomic E-state index is 12.3. The average Bonchev–Trinajstić information content (AvgIpc) is 2.40. The lowest BCUT2D eigenvalue weighted by Gasteiger charge is -2.40. The fraction of sp³-hybridized carbons (Fsp3) is 0.562. The van der Waals surface area contributed by atoms with E-state index in [-0.39, 0.29) is 23.7 Å². The van der Waals surface area contributed by atoms with Crippen LogP contribution in [0.25, 0.3) is 0 Å². The van der Waals surface area contributed by atoms with Crippen molar-refractivity contribution in [2.45, 2.75) is 32.1 Å². The third-order valence-corrected chi connectivity index (χ3v) is 4.26. The lowest BCUT2D eigenvalue weighted by atomic mass is 9.66. The number of halogens is 1. The van der Waals surface area contributed by atoms with Crippen molar-refractivity contribution in [3.63, 3.8) is 0 Å². The minimum Gasteiger partial charge on any atom is -0.399 e. The zero-order valence-electron chi connectivity index (χ0n) is 12.6. The fourth-order valence-corrected chi connectivity index (χ4v) is 2.68. The van der Waals surface area contributed by atoms with E-state index in [2.05, 4.69) is 5.32 Å². The number of hydrogen-bond donors (Lipinski definition) is 2. The van der Waals surface area contributed by atoms with Gasteiger partial charge in [-0.25, -0.2) is 0 Å². The minimum atomic E-state index is -0.170. The molecule has 0 saturated heterocycles. The van der Waals surface area contributed by atoms with Crippen molar-refractivity contribution in [1.29, 1.82) is 0 Å². The third-order valence-electron chi connectivity index (χ3n) is 4.26. The van der Waals surface area contributed by atoms with E-state index in [4.69, 9.17) is 10.5 Å². The second kappa shape index (κ2) is 8.25. The molecule has 0 aromatic heterocycles. The van der Waals surface area contributed by atoms with Crippen LogP contribution in [0.15, 0.2) is 24.3 Å². The number of hydrogen-bond acceptors (Lipinski definition) is 3. The summed E-state index contributed by atoms with van der Waals surface area (Å²) in [6.45, 7) is 1.34. The topological polar surface area (TPSA) is 64.3 Å². The number of methoxy groups -OCH3 is 1. The first-order valence-corrected chi connectivity index (χ1v) is 7.28. The smallest absolute Gasteiger partial charge is 0.226 e. The molecule has 1 aromatic carbocycles. The Balaban J connectivity index is 0.00000220. The van der Waals surface area contributed by atoms with Crippen molar-refractivity contribution in [3.8, 4) is 0 Å². The zero-order valence-corrected chi connectivity index (χ0v) is 13.4. The molecule has 1 aromatic rings. The lowest BCUT2D eigenvalue weighted by Crippen LogP contribution is -2.46. The Kier molecular flexibility index (Phi) is 6.99. The van der Waals surface area contributed by atoms with Crippen LogP contribution in [0.3, 0.4) is 0 Å². The average molecular weight is 313 g/mol. The van der Waals surface area contributed by atoms with E-state index in [1.54, 1.807) is 7.11 Å². The molecule has 0 bridgehead atoms. The molecule has 1 aliphatic rings. The monoisotopic (exact) mass is 312 g/mol. The minimum absolute atomic E-state index is 0. The molecule has 0 radical (unpaired) electrons. The predicted molar refractivity (Wildman–Crippen MR) is 87.6 cm³/mol. The van der Waals surface area contributed by atoms with Crippen LogP contribution in [-0.2, 0) is 16.0 Å². The van der Waals surface area contributed by atoms with Gasteiger partial charge in [-0.15, -0.1) is 12.4 Å². The van der Waals surface area contributed by atoms with E-state index in [1.807, 2.05) is 24.3 Å². The number of ether oxygens (including phenoxy) is 1. The number of amides is 1. The summed E-state index contributed by atoms with van der Waals surface area (Å²) in [5.41, 5.74) is 7.44. The van der Waals surface area contributed by atoms with Gasteiger partial charge in [0, 0.05) is 25.9 Å². The van der Waals surface area contributed by atoms with Gasteiger partial charge < -0.3 is 15.8 Å². The molecule has 118 valence electrons. The van der Waals surface area contributed by atoms with Gasteiger partial charge in [-0.05, 0) is 43.4 Å². The number of nitrogens with two attached hydrogens (primary N) is 1. The SMILES string of the molecule is COCCC1(C(=O)NCCc2ccc(N)cc2)CCC1.Cl. The molecule has 0 heterocycles. The highest BCUT2D eigenvalue weighted by Gasteiger charge is 2.43. The van der Waals surface area contributed by atoms with Crippen LogP contribution in [-0.4, -0.2) is 26.2 Å². The van der Waals surface area contributed by atoms with Gasteiger partial charge in [0.05, 0.1) is 5.41 Å². The first kappa shape index (κ1) is 17.8. The Labute approximate surface area is 132 Å². The summed E-state index contributed by atoms with van der Waals surface area (Å²) in [7, 11) is 1.69. The van der Waals surface area contributed by atoms with Gasteiger partial charge in [0.25, 0.3) is 0 Å². The summed E-state index contributed by atoms with van der Waals surface area (Å²) in [6, 6.07) is 7.80. The second-order valence-corrected chi connectivity index (χ2v) is 5.62. The van der Waals surface area contributed by atoms with Crippen LogP contribution < -0.4 is 11.1 Å². The largest absolute Gasteiger partial charge is 0.399 e. The van der Waals surface area contributed by atoms with Gasteiger partial charge in [-0.2, -0.15) is 0 Å². The molecule has 21 heavy (non-hydrogen) atoms. The van der Waals surface area contributed by atoms with E-state index in [1.165, 1.54) is 5.56 Å². The van der Waals surface area contributed by atoms with Gasteiger partial charge in [0.15, 0.2) is 0 Å². The van der Waals surface area contributed by atoms with Gasteiger partial charge >= 0.3 is 0 Å². The van der Waals surface area contributed by atoms with E-state index in [9.17, 15) is 4.79 Å². The van der Waals surface area contributed by atoms with Gasteiger partial charge in [0.2, 0.25) is 5.91 Å². The van der Waals surface area contributed by atoms with Crippen LogP contribution in [0.1, 0.15) is 31.2 Å². The van der Waals surface area contributed by atoms with E-state index in [0.29, 0.717) is 13.2 Å². The molecule has 2 rings (SSSR count). The Hall–Kier alpha value is -1.26. The quantitative estimate of drug-likeness (QED) is 0.761. The van der Waals surface area contributed by atoms with Crippen molar-refractivity contribution >= 4 is 24.0 Å². The van der Waals surface area contributed by atoms with E-state index >= 15 is 0 Å². The predicted octanol–water partition coefficient (Wildman–Crippen LogP) is 2.56. The first-order valence-electron chi connectivity index (χ1n) is 7.28. The Morgan fingerprint density at radius 2 is 2.00 bits per heavy atom. The lowest BCUT2D eigenvalue weighted by molar-refractivity contribution is -0.137. The summed E-state index contributed by atoms with van der Waals surface area (Å²) in [5.74, 6) is 0.191. The molecule has 0 aliphatic heterocycles. The number of benzene rings is 1. The van der Waals surface area contributed by atoms with E-state index in [0.717, 1.165) is 37.8 Å². The number of nitrogen functional groups attached to an aromatic ring is 1. The van der Waals surface area contributed by atoms with Crippen LogP contribution in [0.4, 0.5) is 5.69 Å². The van der Waals surface area contributed by atoms with Gasteiger partial charge in [-0.1, -0.05) is 18.6 Å².